The Balaban J connectivity index is 1.20. The van der Waals surface area contributed by atoms with Crippen LogP contribution in [0, 0.1) is 0 Å². The maximum absolute atomic E-state index is 13.2. The van der Waals surface area contributed by atoms with Crippen LogP contribution in [-0.4, -0.2) is 68.3 Å². The second-order valence-corrected chi connectivity index (χ2v) is 10.3. The Kier molecular flexibility index (Phi) is 6.39. The molecule has 13 heteroatoms. The van der Waals surface area contributed by atoms with Crippen molar-refractivity contribution in [2.45, 2.75) is 18.8 Å². The zero-order chi connectivity index (χ0) is 27.1. The standard InChI is InChI=1S/C26H23F3N8OS/c1-35-8-9-36(13-21(35)25(38)30-11-16-2-7-22-20(10-16)33-15-39-22)24-19-12-37(34-23(19)31-14-32-24)18-5-3-17(4-6-18)26(27,28)29/h2-7,10,12,14-15,21H,8-9,11,13H2,1H3,(H,30,38)/t21-/m0/s1. The highest BCUT2D eigenvalue weighted by molar-refractivity contribution is 7.16. The molecule has 200 valence electrons. The first-order chi connectivity index (χ1) is 18.8. The fourth-order valence-corrected chi connectivity index (χ4v) is 5.34. The van der Waals surface area contributed by atoms with E-state index < -0.39 is 17.8 Å². The highest BCUT2D eigenvalue weighted by atomic mass is 32.1. The van der Waals surface area contributed by atoms with Crippen LogP contribution < -0.4 is 10.2 Å². The summed E-state index contributed by atoms with van der Waals surface area (Å²) >= 11 is 1.58. The number of hydrogen-bond donors (Lipinski definition) is 1. The van der Waals surface area contributed by atoms with Crippen LogP contribution in [0.5, 0.6) is 0 Å². The van der Waals surface area contributed by atoms with E-state index in [1.807, 2.05) is 35.0 Å². The number of hydrogen-bond acceptors (Lipinski definition) is 8. The van der Waals surface area contributed by atoms with Gasteiger partial charge in [0, 0.05) is 32.4 Å². The van der Waals surface area contributed by atoms with Gasteiger partial charge < -0.3 is 10.2 Å². The molecule has 3 aromatic heterocycles. The zero-order valence-electron chi connectivity index (χ0n) is 20.8. The molecule has 0 spiro atoms. The summed E-state index contributed by atoms with van der Waals surface area (Å²) in [6, 6.07) is 10.3. The molecule has 1 amide bonds. The predicted molar refractivity (Wildman–Crippen MR) is 142 cm³/mol. The van der Waals surface area contributed by atoms with Crippen molar-refractivity contribution in [3.63, 3.8) is 0 Å². The van der Waals surface area contributed by atoms with Gasteiger partial charge in [-0.3, -0.25) is 9.69 Å². The summed E-state index contributed by atoms with van der Waals surface area (Å²) < 4.78 is 41.5. The van der Waals surface area contributed by atoms with Crippen LogP contribution in [0.25, 0.3) is 26.9 Å². The van der Waals surface area contributed by atoms with Crippen LogP contribution in [-0.2, 0) is 17.5 Å². The fourth-order valence-electron chi connectivity index (χ4n) is 4.68. The third-order valence-electron chi connectivity index (χ3n) is 6.87. The summed E-state index contributed by atoms with van der Waals surface area (Å²) in [7, 11) is 1.92. The Bertz CT molecular complexity index is 1650. The van der Waals surface area contributed by atoms with Gasteiger partial charge in [0.05, 0.1) is 32.4 Å². The lowest BCUT2D eigenvalue weighted by atomic mass is 10.1. The Hall–Kier alpha value is -4.10. The molecule has 39 heavy (non-hydrogen) atoms. The van der Waals surface area contributed by atoms with E-state index in [9.17, 15) is 18.0 Å². The number of anilines is 1. The molecule has 6 rings (SSSR count). The molecule has 1 saturated heterocycles. The normalized spacial score (nSPS) is 16.7. The SMILES string of the molecule is CN1CCN(c2ncnc3nn(-c4ccc(C(F)(F)F)cc4)cc23)C[C@H]1C(=O)NCc1ccc2scnc2c1. The highest BCUT2D eigenvalue weighted by Crippen LogP contribution is 2.30. The average molecular weight is 553 g/mol. The van der Waals surface area contributed by atoms with Crippen molar-refractivity contribution in [1.29, 1.82) is 0 Å². The number of thiazole rings is 1. The van der Waals surface area contributed by atoms with Crippen molar-refractivity contribution < 1.29 is 18.0 Å². The van der Waals surface area contributed by atoms with Crippen LogP contribution in [0.15, 0.2) is 60.5 Å². The molecule has 0 aliphatic carbocycles. The zero-order valence-corrected chi connectivity index (χ0v) is 21.6. The number of likely N-dealkylation sites (N-methyl/N-ethyl adjacent to an activating group) is 1. The van der Waals surface area contributed by atoms with Gasteiger partial charge in [-0.15, -0.1) is 16.4 Å². The maximum atomic E-state index is 13.2. The lowest BCUT2D eigenvalue weighted by molar-refractivity contribution is -0.137. The van der Waals surface area contributed by atoms with Crippen LogP contribution in [0.1, 0.15) is 11.1 Å². The number of piperazine rings is 1. The molecule has 0 radical (unpaired) electrons. The molecule has 1 aliphatic rings. The first-order valence-corrected chi connectivity index (χ1v) is 13.1. The first-order valence-electron chi connectivity index (χ1n) is 12.2. The number of fused-ring (bicyclic) bond motifs is 2. The van der Waals surface area contributed by atoms with E-state index in [1.54, 1.807) is 23.0 Å². The van der Waals surface area contributed by atoms with E-state index in [1.165, 1.54) is 23.1 Å². The summed E-state index contributed by atoms with van der Waals surface area (Å²) in [5.74, 6) is 0.532. The number of carbonyl (C=O) groups excluding carboxylic acids is 1. The van der Waals surface area contributed by atoms with Gasteiger partial charge in [0.15, 0.2) is 5.65 Å². The lowest BCUT2D eigenvalue weighted by Crippen LogP contribution is -2.57. The minimum absolute atomic E-state index is 0.0914. The molecule has 2 aromatic carbocycles. The van der Waals surface area contributed by atoms with Crippen molar-refractivity contribution in [3.05, 3.63) is 71.6 Å². The van der Waals surface area contributed by atoms with Crippen molar-refractivity contribution >= 4 is 44.3 Å². The van der Waals surface area contributed by atoms with Gasteiger partial charge >= 0.3 is 6.18 Å². The van der Waals surface area contributed by atoms with E-state index in [0.717, 1.165) is 27.9 Å². The number of nitrogens with zero attached hydrogens (tertiary/aromatic N) is 7. The highest BCUT2D eigenvalue weighted by Gasteiger charge is 2.32. The largest absolute Gasteiger partial charge is 0.416 e. The van der Waals surface area contributed by atoms with E-state index >= 15 is 0 Å². The van der Waals surface area contributed by atoms with Crippen molar-refractivity contribution in [1.82, 2.24) is 34.9 Å². The molecule has 1 aliphatic heterocycles. The Labute approximate surface area is 224 Å². The van der Waals surface area contributed by atoms with Crippen LogP contribution >= 0.6 is 11.3 Å². The molecule has 1 atom stereocenters. The summed E-state index contributed by atoms with van der Waals surface area (Å²) in [4.78, 5) is 30.3. The lowest BCUT2D eigenvalue weighted by Gasteiger charge is -2.39. The number of aromatic nitrogens is 5. The second-order valence-electron chi connectivity index (χ2n) is 9.37. The van der Waals surface area contributed by atoms with Crippen molar-refractivity contribution in [3.8, 4) is 5.69 Å². The molecule has 0 unspecified atom stereocenters. The molecular formula is C26H23F3N8OS. The number of carbonyl (C=O) groups is 1. The minimum atomic E-state index is -4.41. The molecule has 1 N–H and O–H groups in total. The molecular weight excluding hydrogens is 529 g/mol. The Morgan fingerprint density at radius 2 is 1.92 bits per heavy atom. The van der Waals surface area contributed by atoms with Crippen LogP contribution in [0.3, 0.4) is 0 Å². The van der Waals surface area contributed by atoms with Crippen LogP contribution in [0.4, 0.5) is 19.0 Å². The number of rotatable bonds is 5. The molecule has 1 fully saturated rings. The predicted octanol–water partition coefficient (Wildman–Crippen LogP) is 3.88. The molecule has 4 heterocycles. The van der Waals surface area contributed by atoms with Gasteiger partial charge in [0.2, 0.25) is 5.91 Å². The van der Waals surface area contributed by atoms with Gasteiger partial charge in [-0.2, -0.15) is 13.2 Å². The van der Waals surface area contributed by atoms with Crippen molar-refractivity contribution in [2.24, 2.45) is 0 Å². The maximum Gasteiger partial charge on any atom is 0.416 e. The van der Waals surface area contributed by atoms with E-state index in [4.69, 9.17) is 0 Å². The number of amides is 1. The second kappa shape index (κ2) is 9.89. The third kappa shape index (κ3) is 5.02. The molecule has 0 bridgehead atoms. The number of benzene rings is 2. The smallest absolute Gasteiger partial charge is 0.353 e. The summed E-state index contributed by atoms with van der Waals surface area (Å²) in [5.41, 5.74) is 3.85. The fraction of sp³-hybridized carbons (Fsp3) is 0.269. The van der Waals surface area contributed by atoms with E-state index in [0.29, 0.717) is 48.7 Å². The monoisotopic (exact) mass is 552 g/mol. The summed E-state index contributed by atoms with van der Waals surface area (Å²) in [6.45, 7) is 2.08. The topological polar surface area (TPSA) is 92.1 Å². The number of alkyl halides is 3. The number of halogens is 3. The van der Waals surface area contributed by atoms with Crippen molar-refractivity contribution in [2.75, 3.05) is 31.6 Å². The Morgan fingerprint density at radius 1 is 1.10 bits per heavy atom. The summed E-state index contributed by atoms with van der Waals surface area (Å²) in [6.07, 6.45) is -1.30. The van der Waals surface area contributed by atoms with Gasteiger partial charge in [0.25, 0.3) is 0 Å². The van der Waals surface area contributed by atoms with E-state index in [2.05, 4.69) is 25.4 Å². The van der Waals surface area contributed by atoms with E-state index in [-0.39, 0.29) is 5.91 Å². The van der Waals surface area contributed by atoms with Gasteiger partial charge in [-0.1, -0.05) is 6.07 Å². The third-order valence-corrected chi connectivity index (χ3v) is 7.68. The average Bonchev–Trinajstić information content (AvgIpc) is 3.58. The van der Waals surface area contributed by atoms with Gasteiger partial charge in [0.1, 0.15) is 18.2 Å². The molecule has 0 saturated carbocycles. The summed E-state index contributed by atoms with van der Waals surface area (Å²) in [5, 5.41) is 8.14. The first kappa shape index (κ1) is 25.2. The quantitative estimate of drug-likeness (QED) is 0.354. The van der Waals surface area contributed by atoms with Crippen LogP contribution in [0.2, 0.25) is 0 Å². The minimum Gasteiger partial charge on any atom is -0.353 e. The Morgan fingerprint density at radius 3 is 2.72 bits per heavy atom. The number of nitrogens with one attached hydrogen (secondary N) is 1. The molecule has 5 aromatic rings. The van der Waals surface area contributed by atoms with Gasteiger partial charge in [-0.05, 0) is 49.0 Å². The molecule has 9 nitrogen and oxygen atoms in total. The van der Waals surface area contributed by atoms with Gasteiger partial charge in [-0.25, -0.2) is 19.6 Å².